The number of nitrogens with one attached hydrogen (secondary N) is 2. The summed E-state index contributed by atoms with van der Waals surface area (Å²) in [5, 5.41) is 6.94. The SMILES string of the molecule is CCCNCCCCCCNCc1ccccc1. The average Bonchev–Trinajstić information content (AvgIpc) is 2.42. The van der Waals surface area contributed by atoms with E-state index in [1.54, 1.807) is 0 Å². The van der Waals surface area contributed by atoms with E-state index in [-0.39, 0.29) is 0 Å². The van der Waals surface area contributed by atoms with Crippen LogP contribution in [0.3, 0.4) is 0 Å². The first-order chi connectivity index (χ1) is 8.93. The molecule has 0 fully saturated rings. The van der Waals surface area contributed by atoms with Gasteiger partial charge in [0, 0.05) is 6.54 Å². The number of unbranched alkanes of at least 4 members (excludes halogenated alkanes) is 3. The molecule has 0 aliphatic rings. The van der Waals surface area contributed by atoms with Gasteiger partial charge in [-0.3, -0.25) is 0 Å². The highest BCUT2D eigenvalue weighted by molar-refractivity contribution is 5.14. The quantitative estimate of drug-likeness (QED) is 0.587. The fourth-order valence-electron chi connectivity index (χ4n) is 1.98. The van der Waals surface area contributed by atoms with Crippen LogP contribution in [0.15, 0.2) is 30.3 Å². The van der Waals surface area contributed by atoms with Crippen molar-refractivity contribution in [1.82, 2.24) is 10.6 Å². The summed E-state index contributed by atoms with van der Waals surface area (Å²) in [6, 6.07) is 10.6. The molecule has 0 bridgehead atoms. The van der Waals surface area contributed by atoms with Crippen LogP contribution in [0.4, 0.5) is 0 Å². The van der Waals surface area contributed by atoms with Crippen LogP contribution in [-0.2, 0) is 6.54 Å². The molecule has 1 rings (SSSR count). The second-order valence-electron chi connectivity index (χ2n) is 4.83. The second-order valence-corrected chi connectivity index (χ2v) is 4.83. The van der Waals surface area contributed by atoms with Gasteiger partial charge in [0.1, 0.15) is 0 Å². The Morgan fingerprint density at radius 2 is 1.44 bits per heavy atom. The van der Waals surface area contributed by atoms with Crippen LogP contribution in [0.5, 0.6) is 0 Å². The lowest BCUT2D eigenvalue weighted by atomic mass is 10.2. The molecule has 0 radical (unpaired) electrons. The maximum absolute atomic E-state index is 3.50. The second kappa shape index (κ2) is 11.2. The van der Waals surface area contributed by atoms with Crippen molar-refractivity contribution >= 4 is 0 Å². The predicted octanol–water partition coefficient (Wildman–Crippen LogP) is 3.34. The molecule has 2 nitrogen and oxygen atoms in total. The standard InChI is InChI=1S/C16H28N2/c1-2-12-17-13-8-3-4-9-14-18-15-16-10-6-5-7-11-16/h5-7,10-11,17-18H,2-4,8-9,12-15H2,1H3. The van der Waals surface area contributed by atoms with E-state index in [0.717, 1.165) is 13.1 Å². The lowest BCUT2D eigenvalue weighted by molar-refractivity contribution is 0.562. The minimum absolute atomic E-state index is 0.999. The van der Waals surface area contributed by atoms with Gasteiger partial charge in [0.25, 0.3) is 0 Å². The predicted molar refractivity (Wildman–Crippen MR) is 79.8 cm³/mol. The third kappa shape index (κ3) is 8.26. The van der Waals surface area contributed by atoms with Gasteiger partial charge in [-0.15, -0.1) is 0 Å². The van der Waals surface area contributed by atoms with E-state index in [9.17, 15) is 0 Å². The molecule has 0 saturated heterocycles. The van der Waals surface area contributed by atoms with Gasteiger partial charge in [0.2, 0.25) is 0 Å². The Labute approximate surface area is 112 Å². The molecular formula is C16H28N2. The molecule has 0 aliphatic carbocycles. The lowest BCUT2D eigenvalue weighted by Gasteiger charge is -2.05. The molecule has 0 amide bonds. The first-order valence-electron chi connectivity index (χ1n) is 7.39. The zero-order chi connectivity index (χ0) is 12.9. The van der Waals surface area contributed by atoms with Crippen LogP contribution in [0.25, 0.3) is 0 Å². The van der Waals surface area contributed by atoms with E-state index >= 15 is 0 Å². The summed E-state index contributed by atoms with van der Waals surface area (Å²) in [5.74, 6) is 0. The molecule has 0 aromatic heterocycles. The number of benzene rings is 1. The van der Waals surface area contributed by atoms with Gasteiger partial charge in [-0.1, -0.05) is 50.1 Å². The Morgan fingerprint density at radius 3 is 2.11 bits per heavy atom. The van der Waals surface area contributed by atoms with Gasteiger partial charge in [-0.25, -0.2) is 0 Å². The molecule has 2 heteroatoms. The molecule has 0 atom stereocenters. The van der Waals surface area contributed by atoms with Gasteiger partial charge in [0.15, 0.2) is 0 Å². The van der Waals surface area contributed by atoms with Crippen molar-refractivity contribution < 1.29 is 0 Å². The highest BCUT2D eigenvalue weighted by Gasteiger charge is 1.92. The van der Waals surface area contributed by atoms with Gasteiger partial charge < -0.3 is 10.6 Å². The topological polar surface area (TPSA) is 24.1 Å². The highest BCUT2D eigenvalue weighted by Crippen LogP contribution is 2.00. The Bertz CT molecular complexity index is 272. The Balaban J connectivity index is 1.82. The van der Waals surface area contributed by atoms with E-state index in [2.05, 4.69) is 47.9 Å². The van der Waals surface area contributed by atoms with Gasteiger partial charge in [0.05, 0.1) is 0 Å². The monoisotopic (exact) mass is 248 g/mol. The summed E-state index contributed by atoms with van der Waals surface area (Å²) in [6.45, 7) is 6.70. The van der Waals surface area contributed by atoms with Crippen molar-refractivity contribution in [3.05, 3.63) is 35.9 Å². The number of hydrogen-bond acceptors (Lipinski definition) is 2. The number of rotatable bonds is 11. The van der Waals surface area contributed by atoms with Crippen LogP contribution < -0.4 is 10.6 Å². The van der Waals surface area contributed by atoms with Crippen LogP contribution in [0, 0.1) is 0 Å². The van der Waals surface area contributed by atoms with Crippen LogP contribution >= 0.6 is 0 Å². The third-order valence-corrected chi connectivity index (χ3v) is 3.06. The normalized spacial score (nSPS) is 10.7. The fourth-order valence-corrected chi connectivity index (χ4v) is 1.98. The van der Waals surface area contributed by atoms with E-state index in [1.165, 1.54) is 50.8 Å². The molecule has 0 heterocycles. The molecular weight excluding hydrogens is 220 g/mol. The first kappa shape index (κ1) is 15.2. The molecule has 2 N–H and O–H groups in total. The zero-order valence-electron chi connectivity index (χ0n) is 11.8. The van der Waals surface area contributed by atoms with Gasteiger partial charge in [-0.05, 0) is 44.5 Å². The largest absolute Gasteiger partial charge is 0.317 e. The zero-order valence-corrected chi connectivity index (χ0v) is 11.8. The highest BCUT2D eigenvalue weighted by atomic mass is 14.8. The van der Waals surface area contributed by atoms with E-state index in [0.29, 0.717) is 0 Å². The van der Waals surface area contributed by atoms with E-state index in [1.807, 2.05) is 0 Å². The molecule has 0 saturated carbocycles. The van der Waals surface area contributed by atoms with E-state index < -0.39 is 0 Å². The summed E-state index contributed by atoms with van der Waals surface area (Å²) in [4.78, 5) is 0. The molecule has 1 aromatic carbocycles. The molecule has 18 heavy (non-hydrogen) atoms. The van der Waals surface area contributed by atoms with Crippen LogP contribution in [0.2, 0.25) is 0 Å². The first-order valence-corrected chi connectivity index (χ1v) is 7.39. The van der Waals surface area contributed by atoms with Crippen molar-refractivity contribution in [2.45, 2.75) is 45.6 Å². The summed E-state index contributed by atoms with van der Waals surface area (Å²) in [5.41, 5.74) is 1.38. The Kier molecular flexibility index (Phi) is 9.49. The smallest absolute Gasteiger partial charge is 0.0205 e. The van der Waals surface area contributed by atoms with Gasteiger partial charge >= 0.3 is 0 Å². The summed E-state index contributed by atoms with van der Waals surface area (Å²) in [7, 11) is 0. The van der Waals surface area contributed by atoms with Crippen molar-refractivity contribution in [3.63, 3.8) is 0 Å². The van der Waals surface area contributed by atoms with Crippen molar-refractivity contribution in [3.8, 4) is 0 Å². The van der Waals surface area contributed by atoms with Crippen molar-refractivity contribution in [1.29, 1.82) is 0 Å². The molecule has 1 aromatic rings. The van der Waals surface area contributed by atoms with E-state index in [4.69, 9.17) is 0 Å². The lowest BCUT2D eigenvalue weighted by Crippen LogP contribution is -2.16. The summed E-state index contributed by atoms with van der Waals surface area (Å²) >= 11 is 0. The summed E-state index contributed by atoms with van der Waals surface area (Å²) in [6.07, 6.45) is 6.54. The molecule has 102 valence electrons. The third-order valence-electron chi connectivity index (χ3n) is 3.06. The van der Waals surface area contributed by atoms with Crippen LogP contribution in [-0.4, -0.2) is 19.6 Å². The summed E-state index contributed by atoms with van der Waals surface area (Å²) < 4.78 is 0. The maximum Gasteiger partial charge on any atom is 0.0205 e. The van der Waals surface area contributed by atoms with Gasteiger partial charge in [-0.2, -0.15) is 0 Å². The molecule has 0 spiro atoms. The van der Waals surface area contributed by atoms with Crippen LogP contribution in [0.1, 0.15) is 44.6 Å². The van der Waals surface area contributed by atoms with Crippen molar-refractivity contribution in [2.24, 2.45) is 0 Å². The Hall–Kier alpha value is -0.860. The number of hydrogen-bond donors (Lipinski definition) is 2. The Morgan fingerprint density at radius 1 is 0.778 bits per heavy atom. The fraction of sp³-hybridized carbons (Fsp3) is 0.625. The average molecular weight is 248 g/mol. The maximum atomic E-state index is 3.50. The van der Waals surface area contributed by atoms with Crippen molar-refractivity contribution in [2.75, 3.05) is 19.6 Å². The minimum Gasteiger partial charge on any atom is -0.317 e. The molecule has 0 unspecified atom stereocenters. The molecule has 0 aliphatic heterocycles. The minimum atomic E-state index is 0.999.